The van der Waals surface area contributed by atoms with E-state index in [0.717, 1.165) is 0 Å². The number of nitrogens with zero attached hydrogens (tertiary/aromatic N) is 1. The van der Waals surface area contributed by atoms with Crippen molar-refractivity contribution in [3.05, 3.63) is 0 Å². The van der Waals surface area contributed by atoms with Gasteiger partial charge < -0.3 is 21.1 Å². The molecule has 0 aliphatic carbocycles. The van der Waals surface area contributed by atoms with E-state index < -0.39 is 28.8 Å². The first-order chi connectivity index (χ1) is 7.75. The summed E-state index contributed by atoms with van der Waals surface area (Å²) in [5.41, 5.74) is 4.96. The van der Waals surface area contributed by atoms with Gasteiger partial charge in [0, 0.05) is 4.75 Å². The van der Waals surface area contributed by atoms with E-state index in [1.807, 2.05) is 0 Å². The van der Waals surface area contributed by atoms with Gasteiger partial charge >= 0.3 is 12.0 Å². The van der Waals surface area contributed by atoms with Crippen molar-refractivity contribution in [2.45, 2.75) is 36.1 Å². The van der Waals surface area contributed by atoms with Gasteiger partial charge in [-0.3, -0.25) is 4.79 Å². The highest BCUT2D eigenvalue weighted by molar-refractivity contribution is 8.01. The fourth-order valence-corrected chi connectivity index (χ4v) is 3.92. The number of amides is 3. The van der Waals surface area contributed by atoms with Crippen molar-refractivity contribution >= 4 is 29.7 Å². The lowest BCUT2D eigenvalue weighted by atomic mass is 9.96. The summed E-state index contributed by atoms with van der Waals surface area (Å²) >= 11 is 1.36. The van der Waals surface area contributed by atoms with Gasteiger partial charge in [0.15, 0.2) is 0 Å². The van der Waals surface area contributed by atoms with E-state index in [1.54, 1.807) is 13.8 Å². The minimum atomic E-state index is -1.03. The van der Waals surface area contributed by atoms with Gasteiger partial charge in [0.25, 0.3) is 0 Å². The number of urea groups is 1. The summed E-state index contributed by atoms with van der Waals surface area (Å²) in [7, 11) is 0. The number of fused-ring (bicyclic) bond motifs is 1. The summed E-state index contributed by atoms with van der Waals surface area (Å²) in [6, 6.07) is -2.35. The van der Waals surface area contributed by atoms with Crippen molar-refractivity contribution in [3.8, 4) is 0 Å². The lowest BCUT2D eigenvalue weighted by Crippen LogP contribution is -2.71. The van der Waals surface area contributed by atoms with Crippen LogP contribution >= 0.6 is 11.8 Å². The standard InChI is InChI=1S/C9H13N3O4S/c1-9(2)4(7(14)15)12-5(13)3(6(12)17-9)11-8(10)16/h3-4,6H,1-2H3,(H,14,15)(H3,10,11,16)/t3-,4+,6-/m1/s1. The second-order valence-electron chi connectivity index (χ2n) is 4.58. The maximum atomic E-state index is 11.8. The second kappa shape index (κ2) is 3.52. The molecule has 94 valence electrons. The number of rotatable bonds is 2. The highest BCUT2D eigenvalue weighted by Crippen LogP contribution is 2.50. The maximum absolute atomic E-state index is 11.8. The van der Waals surface area contributed by atoms with E-state index in [-0.39, 0.29) is 11.3 Å². The van der Waals surface area contributed by atoms with E-state index in [4.69, 9.17) is 10.8 Å². The minimum Gasteiger partial charge on any atom is -0.480 e. The zero-order chi connectivity index (χ0) is 13.0. The number of carbonyl (C=O) groups excluding carboxylic acids is 2. The third kappa shape index (κ3) is 1.63. The van der Waals surface area contributed by atoms with Gasteiger partial charge in [-0.25, -0.2) is 9.59 Å². The zero-order valence-electron chi connectivity index (χ0n) is 9.34. The normalized spacial score (nSPS) is 33.9. The Morgan fingerprint density at radius 3 is 2.59 bits per heavy atom. The molecule has 0 aromatic rings. The highest BCUT2D eigenvalue weighted by Gasteiger charge is 2.64. The molecule has 17 heavy (non-hydrogen) atoms. The monoisotopic (exact) mass is 259 g/mol. The third-order valence-electron chi connectivity index (χ3n) is 2.97. The number of thioether (sulfide) groups is 1. The molecule has 2 saturated heterocycles. The van der Waals surface area contributed by atoms with Gasteiger partial charge in [-0.1, -0.05) is 0 Å². The number of nitrogens with one attached hydrogen (secondary N) is 1. The molecule has 0 spiro atoms. The zero-order valence-corrected chi connectivity index (χ0v) is 10.2. The van der Waals surface area contributed by atoms with E-state index >= 15 is 0 Å². The molecule has 7 nitrogen and oxygen atoms in total. The lowest BCUT2D eigenvalue weighted by Gasteiger charge is -2.43. The average molecular weight is 259 g/mol. The molecule has 3 atom stereocenters. The van der Waals surface area contributed by atoms with Crippen LogP contribution in [0.15, 0.2) is 0 Å². The van der Waals surface area contributed by atoms with Crippen molar-refractivity contribution in [3.63, 3.8) is 0 Å². The molecule has 0 bridgehead atoms. The van der Waals surface area contributed by atoms with Crippen molar-refractivity contribution in [1.82, 2.24) is 10.2 Å². The number of carboxylic acid groups (broad SMARTS) is 1. The summed E-state index contributed by atoms with van der Waals surface area (Å²) in [5.74, 6) is -1.42. The largest absolute Gasteiger partial charge is 0.480 e. The molecule has 0 radical (unpaired) electrons. The van der Waals surface area contributed by atoms with Gasteiger partial charge in [-0.05, 0) is 13.8 Å². The third-order valence-corrected chi connectivity index (χ3v) is 4.54. The van der Waals surface area contributed by atoms with Gasteiger partial charge in [0.2, 0.25) is 5.91 Å². The van der Waals surface area contributed by atoms with Crippen LogP contribution in [0, 0.1) is 0 Å². The van der Waals surface area contributed by atoms with Crippen LogP contribution in [0.1, 0.15) is 13.8 Å². The first kappa shape index (κ1) is 12.0. The molecule has 2 heterocycles. The quantitative estimate of drug-likeness (QED) is 0.560. The van der Waals surface area contributed by atoms with Crippen LogP contribution in [0.25, 0.3) is 0 Å². The smallest absolute Gasteiger partial charge is 0.327 e. The van der Waals surface area contributed by atoms with Crippen LogP contribution in [0.2, 0.25) is 0 Å². The van der Waals surface area contributed by atoms with E-state index in [0.29, 0.717) is 0 Å². The Morgan fingerprint density at radius 1 is 1.53 bits per heavy atom. The first-order valence-electron chi connectivity index (χ1n) is 5.04. The Labute approximate surface area is 102 Å². The second-order valence-corrected chi connectivity index (χ2v) is 6.36. The molecule has 0 aromatic heterocycles. The molecular formula is C9H13N3O4S. The summed E-state index contributed by atoms with van der Waals surface area (Å²) in [6.07, 6.45) is 0. The summed E-state index contributed by atoms with van der Waals surface area (Å²) in [4.78, 5) is 34.9. The fourth-order valence-electron chi connectivity index (χ4n) is 2.30. The van der Waals surface area contributed by atoms with Crippen LogP contribution < -0.4 is 11.1 Å². The summed E-state index contributed by atoms with van der Waals surface area (Å²) in [6.45, 7) is 3.53. The molecular weight excluding hydrogens is 246 g/mol. The minimum absolute atomic E-state index is 0.342. The summed E-state index contributed by atoms with van der Waals surface area (Å²) in [5, 5.41) is 11.1. The van der Waals surface area contributed by atoms with Crippen molar-refractivity contribution in [2.75, 3.05) is 0 Å². The Morgan fingerprint density at radius 2 is 2.12 bits per heavy atom. The number of hydrogen-bond acceptors (Lipinski definition) is 4. The van der Waals surface area contributed by atoms with Crippen LogP contribution in [-0.4, -0.2) is 50.1 Å². The van der Waals surface area contributed by atoms with Gasteiger partial charge in [0.1, 0.15) is 17.5 Å². The van der Waals surface area contributed by atoms with Gasteiger partial charge in [-0.15, -0.1) is 11.8 Å². The van der Waals surface area contributed by atoms with Crippen LogP contribution in [0.5, 0.6) is 0 Å². The Hall–Kier alpha value is -1.44. The number of β-lactam (4-membered cyclic amide) rings is 1. The lowest BCUT2D eigenvalue weighted by molar-refractivity contribution is -0.159. The topological polar surface area (TPSA) is 113 Å². The fraction of sp³-hybridized carbons (Fsp3) is 0.667. The molecule has 2 aliphatic heterocycles. The Kier molecular flexibility index (Phi) is 2.49. The molecule has 0 saturated carbocycles. The molecule has 3 amide bonds. The molecule has 2 aliphatic rings. The molecule has 0 unspecified atom stereocenters. The molecule has 0 aromatic carbocycles. The number of hydrogen-bond donors (Lipinski definition) is 3. The number of carbonyl (C=O) groups is 3. The predicted octanol–water partition coefficient (Wildman–Crippen LogP) is -0.830. The average Bonchev–Trinajstić information content (AvgIpc) is 2.43. The first-order valence-corrected chi connectivity index (χ1v) is 5.92. The number of aliphatic carboxylic acids is 1. The van der Waals surface area contributed by atoms with Crippen LogP contribution in [0.3, 0.4) is 0 Å². The Bertz CT molecular complexity index is 411. The van der Waals surface area contributed by atoms with E-state index in [9.17, 15) is 14.4 Å². The van der Waals surface area contributed by atoms with Crippen molar-refractivity contribution < 1.29 is 19.5 Å². The number of nitrogens with two attached hydrogens (primary N) is 1. The van der Waals surface area contributed by atoms with Crippen LogP contribution in [-0.2, 0) is 9.59 Å². The highest BCUT2D eigenvalue weighted by atomic mass is 32.2. The Balaban J connectivity index is 2.21. The van der Waals surface area contributed by atoms with Crippen molar-refractivity contribution in [1.29, 1.82) is 0 Å². The van der Waals surface area contributed by atoms with Gasteiger partial charge in [-0.2, -0.15) is 0 Å². The number of carboxylic acids is 1. The van der Waals surface area contributed by atoms with E-state index in [2.05, 4.69) is 5.32 Å². The maximum Gasteiger partial charge on any atom is 0.327 e. The predicted molar refractivity (Wildman–Crippen MR) is 60.2 cm³/mol. The molecule has 8 heteroatoms. The molecule has 2 fully saturated rings. The van der Waals surface area contributed by atoms with E-state index in [1.165, 1.54) is 16.7 Å². The summed E-state index contributed by atoms with van der Waals surface area (Å²) < 4.78 is -0.583. The molecule has 2 rings (SSSR count). The van der Waals surface area contributed by atoms with Crippen LogP contribution in [0.4, 0.5) is 4.79 Å². The SMILES string of the molecule is CC1(C)S[C@@H]2[C@H](NC(N)=O)C(=O)N2[C@H]1C(=O)O. The van der Waals surface area contributed by atoms with Crippen molar-refractivity contribution in [2.24, 2.45) is 5.73 Å². The number of primary amides is 1. The molecule has 4 N–H and O–H groups in total. The van der Waals surface area contributed by atoms with Gasteiger partial charge in [0.05, 0.1) is 0 Å².